The lowest BCUT2D eigenvalue weighted by molar-refractivity contribution is -0.137. The molecule has 2 fully saturated rings. The molecule has 0 spiro atoms. The minimum atomic E-state index is -0.777. The van der Waals surface area contributed by atoms with E-state index in [0.29, 0.717) is 43.7 Å². The SMILES string of the molecule is O=C(NN1CCOCC1)C1CCN(c2ccc(Br)cc2F)C1=O. The molecule has 6 nitrogen and oxygen atoms in total. The zero-order chi connectivity index (χ0) is 16.4. The van der Waals surface area contributed by atoms with Crippen LogP contribution in [0.5, 0.6) is 0 Å². The molecule has 2 saturated heterocycles. The van der Waals surface area contributed by atoms with Gasteiger partial charge in [0, 0.05) is 24.1 Å². The molecule has 1 N–H and O–H groups in total. The highest BCUT2D eigenvalue weighted by Crippen LogP contribution is 2.29. The van der Waals surface area contributed by atoms with E-state index in [4.69, 9.17) is 4.74 Å². The van der Waals surface area contributed by atoms with Gasteiger partial charge in [-0.05, 0) is 24.6 Å². The van der Waals surface area contributed by atoms with E-state index in [0.717, 1.165) is 0 Å². The van der Waals surface area contributed by atoms with Crippen LogP contribution in [0.3, 0.4) is 0 Å². The van der Waals surface area contributed by atoms with Gasteiger partial charge >= 0.3 is 0 Å². The average Bonchev–Trinajstić information content (AvgIpc) is 2.90. The van der Waals surface area contributed by atoms with Gasteiger partial charge in [-0.3, -0.25) is 15.0 Å². The lowest BCUT2D eigenvalue weighted by Crippen LogP contribution is -2.51. The number of benzene rings is 1. The summed E-state index contributed by atoms with van der Waals surface area (Å²) in [5.74, 6) is -1.96. The molecule has 3 rings (SSSR count). The summed E-state index contributed by atoms with van der Waals surface area (Å²) in [5, 5.41) is 1.75. The Morgan fingerprint density at radius 1 is 1.30 bits per heavy atom. The summed E-state index contributed by atoms with van der Waals surface area (Å²) in [6, 6.07) is 4.52. The van der Waals surface area contributed by atoms with Crippen molar-refractivity contribution in [1.29, 1.82) is 0 Å². The fourth-order valence-electron chi connectivity index (χ4n) is 2.77. The van der Waals surface area contributed by atoms with Gasteiger partial charge in [0.25, 0.3) is 0 Å². The van der Waals surface area contributed by atoms with Crippen LogP contribution in [0, 0.1) is 11.7 Å². The lowest BCUT2D eigenvalue weighted by Gasteiger charge is -2.27. The molecule has 1 atom stereocenters. The summed E-state index contributed by atoms with van der Waals surface area (Å²) < 4.78 is 19.8. The van der Waals surface area contributed by atoms with Gasteiger partial charge in [-0.2, -0.15) is 0 Å². The highest BCUT2D eigenvalue weighted by Gasteiger charge is 2.39. The molecule has 0 saturated carbocycles. The highest BCUT2D eigenvalue weighted by molar-refractivity contribution is 9.10. The van der Waals surface area contributed by atoms with E-state index < -0.39 is 11.7 Å². The Kier molecular flexibility index (Phi) is 4.93. The number of ether oxygens (including phenoxy) is 1. The topological polar surface area (TPSA) is 61.9 Å². The summed E-state index contributed by atoms with van der Waals surface area (Å²) in [6.07, 6.45) is 0.379. The van der Waals surface area contributed by atoms with Crippen LogP contribution in [0.1, 0.15) is 6.42 Å². The van der Waals surface area contributed by atoms with Gasteiger partial charge in [-0.25, -0.2) is 9.40 Å². The van der Waals surface area contributed by atoms with Gasteiger partial charge in [0.1, 0.15) is 11.7 Å². The Morgan fingerprint density at radius 2 is 2.04 bits per heavy atom. The maximum absolute atomic E-state index is 14.0. The Balaban J connectivity index is 1.67. The first-order valence-electron chi connectivity index (χ1n) is 7.46. The van der Waals surface area contributed by atoms with Crippen LogP contribution in [-0.2, 0) is 14.3 Å². The molecule has 23 heavy (non-hydrogen) atoms. The third kappa shape index (κ3) is 3.54. The zero-order valence-corrected chi connectivity index (χ0v) is 14.0. The fraction of sp³-hybridized carbons (Fsp3) is 0.467. The van der Waals surface area contributed by atoms with E-state index in [1.165, 1.54) is 11.0 Å². The van der Waals surface area contributed by atoms with E-state index in [1.807, 2.05) is 0 Å². The Labute approximate surface area is 141 Å². The van der Waals surface area contributed by atoms with Crippen molar-refractivity contribution in [3.63, 3.8) is 0 Å². The monoisotopic (exact) mass is 385 g/mol. The third-order valence-electron chi connectivity index (χ3n) is 4.00. The second-order valence-corrected chi connectivity index (χ2v) is 6.42. The number of nitrogens with one attached hydrogen (secondary N) is 1. The molecule has 2 heterocycles. The van der Waals surface area contributed by atoms with Crippen LogP contribution in [-0.4, -0.2) is 49.7 Å². The Hall–Kier alpha value is -1.51. The number of anilines is 1. The molecule has 1 aromatic carbocycles. The number of hydrazine groups is 1. The number of amides is 2. The second-order valence-electron chi connectivity index (χ2n) is 5.50. The minimum absolute atomic E-state index is 0.208. The van der Waals surface area contributed by atoms with Gasteiger partial charge < -0.3 is 9.64 Å². The standard InChI is InChI=1S/C15H17BrFN3O3/c16-10-1-2-13(12(17)9-10)20-4-3-11(15(20)22)14(21)18-19-5-7-23-8-6-19/h1-2,9,11H,3-8H2,(H,18,21). The highest BCUT2D eigenvalue weighted by atomic mass is 79.9. The van der Waals surface area contributed by atoms with Gasteiger partial charge in [-0.1, -0.05) is 15.9 Å². The number of carbonyl (C=O) groups is 2. The number of hydrogen-bond donors (Lipinski definition) is 1. The van der Waals surface area contributed by atoms with Crippen LogP contribution >= 0.6 is 15.9 Å². The zero-order valence-electron chi connectivity index (χ0n) is 12.4. The number of morpholine rings is 1. The summed E-state index contributed by atoms with van der Waals surface area (Å²) in [4.78, 5) is 26.1. The van der Waals surface area contributed by atoms with Crippen LogP contribution in [0.25, 0.3) is 0 Å². The van der Waals surface area contributed by atoms with Gasteiger partial charge in [0.15, 0.2) is 0 Å². The van der Waals surface area contributed by atoms with Crippen molar-refractivity contribution in [2.75, 3.05) is 37.7 Å². The molecular weight excluding hydrogens is 369 g/mol. The number of halogens is 2. The normalized spacial score (nSPS) is 22.4. The van der Waals surface area contributed by atoms with Crippen molar-refractivity contribution in [3.05, 3.63) is 28.5 Å². The third-order valence-corrected chi connectivity index (χ3v) is 4.50. The summed E-state index contributed by atoms with van der Waals surface area (Å²) >= 11 is 3.19. The summed E-state index contributed by atoms with van der Waals surface area (Å²) in [5.41, 5.74) is 2.96. The molecule has 2 aliphatic rings. The maximum atomic E-state index is 14.0. The molecule has 124 valence electrons. The Bertz CT molecular complexity index is 622. The molecule has 8 heteroatoms. The molecule has 2 amide bonds. The molecule has 0 aliphatic carbocycles. The number of nitrogens with zero attached hydrogens (tertiary/aromatic N) is 2. The molecule has 0 radical (unpaired) electrons. The molecular formula is C15H17BrFN3O3. The van der Waals surface area contributed by atoms with Crippen LogP contribution < -0.4 is 10.3 Å². The van der Waals surface area contributed by atoms with Crippen LogP contribution in [0.2, 0.25) is 0 Å². The maximum Gasteiger partial charge on any atom is 0.246 e. The molecule has 1 aromatic rings. The minimum Gasteiger partial charge on any atom is -0.379 e. The van der Waals surface area contributed by atoms with Gasteiger partial charge in [0.05, 0.1) is 18.9 Å². The number of carbonyl (C=O) groups excluding carboxylic acids is 2. The quantitative estimate of drug-likeness (QED) is 0.796. The first kappa shape index (κ1) is 16.4. The van der Waals surface area contributed by atoms with Gasteiger partial charge in [0.2, 0.25) is 11.8 Å². The summed E-state index contributed by atoms with van der Waals surface area (Å²) in [6.45, 7) is 2.62. The van der Waals surface area contributed by atoms with E-state index in [9.17, 15) is 14.0 Å². The van der Waals surface area contributed by atoms with Crippen LogP contribution in [0.4, 0.5) is 10.1 Å². The van der Waals surface area contributed by atoms with Crippen LogP contribution in [0.15, 0.2) is 22.7 Å². The largest absolute Gasteiger partial charge is 0.379 e. The lowest BCUT2D eigenvalue weighted by atomic mass is 10.1. The number of hydrogen-bond acceptors (Lipinski definition) is 4. The average molecular weight is 386 g/mol. The summed E-state index contributed by atoms with van der Waals surface area (Å²) in [7, 11) is 0. The molecule has 1 unspecified atom stereocenters. The van der Waals surface area contributed by atoms with Crippen molar-refractivity contribution in [2.45, 2.75) is 6.42 Å². The number of rotatable bonds is 3. The van der Waals surface area contributed by atoms with Crippen molar-refractivity contribution >= 4 is 33.4 Å². The molecule has 0 aromatic heterocycles. The Morgan fingerprint density at radius 3 is 2.74 bits per heavy atom. The van der Waals surface area contributed by atoms with Gasteiger partial charge in [-0.15, -0.1) is 0 Å². The second kappa shape index (κ2) is 6.94. The van der Waals surface area contributed by atoms with E-state index in [1.54, 1.807) is 17.1 Å². The molecule has 0 bridgehead atoms. The van der Waals surface area contributed by atoms with Crippen molar-refractivity contribution in [3.8, 4) is 0 Å². The van der Waals surface area contributed by atoms with E-state index in [2.05, 4.69) is 21.4 Å². The predicted octanol–water partition coefficient (Wildman–Crippen LogP) is 1.30. The van der Waals surface area contributed by atoms with E-state index >= 15 is 0 Å². The molecule has 2 aliphatic heterocycles. The smallest absolute Gasteiger partial charge is 0.246 e. The fourth-order valence-corrected chi connectivity index (χ4v) is 3.10. The van der Waals surface area contributed by atoms with Crippen molar-refractivity contribution < 1.29 is 18.7 Å². The van der Waals surface area contributed by atoms with E-state index in [-0.39, 0.29) is 17.5 Å². The predicted molar refractivity (Wildman–Crippen MR) is 85.1 cm³/mol. The first-order valence-corrected chi connectivity index (χ1v) is 8.25. The van der Waals surface area contributed by atoms with Crippen molar-refractivity contribution in [1.82, 2.24) is 10.4 Å². The first-order chi connectivity index (χ1) is 11.1. The van der Waals surface area contributed by atoms with Crippen molar-refractivity contribution in [2.24, 2.45) is 5.92 Å².